The maximum Gasteiger partial charge on any atom is 0.140 e. The summed E-state index contributed by atoms with van der Waals surface area (Å²) in [7, 11) is 0. The Morgan fingerprint density at radius 1 is 1.15 bits per heavy atom. The molecule has 1 fully saturated rings. The van der Waals surface area contributed by atoms with Gasteiger partial charge in [0.05, 0.1) is 0 Å². The third kappa shape index (κ3) is 4.60. The lowest BCUT2D eigenvalue weighted by Gasteiger charge is -2.36. The maximum atomic E-state index is 13.4. The van der Waals surface area contributed by atoms with Crippen LogP contribution in [0.3, 0.4) is 0 Å². The summed E-state index contributed by atoms with van der Waals surface area (Å²) in [5.74, 6) is 2.47. The molecular weight excluding hydrogens is 330 g/mol. The highest BCUT2D eigenvalue weighted by Crippen LogP contribution is 2.39. The minimum atomic E-state index is 0.225. The maximum absolute atomic E-state index is 13.4. The standard InChI is InChI=1S/C25H35NO/c1-17(2)21-13-10-18(3)15-24(21)25(27)16-20-12-11-19-7-4-5-8-22(19)23(20)9-6-14-26/h4-5,7-8,11-12,17-18,21,24H,6,9-10,13-16,26H2,1-3H3/t18-,21?,24-/m1/s1. The van der Waals surface area contributed by atoms with E-state index in [1.54, 1.807) is 0 Å². The summed E-state index contributed by atoms with van der Waals surface area (Å²) < 4.78 is 0. The molecule has 2 aromatic carbocycles. The smallest absolute Gasteiger partial charge is 0.140 e. The minimum absolute atomic E-state index is 0.225. The first-order valence-corrected chi connectivity index (χ1v) is 10.7. The quantitative estimate of drug-likeness (QED) is 0.699. The highest BCUT2D eigenvalue weighted by atomic mass is 16.1. The van der Waals surface area contributed by atoms with Gasteiger partial charge in [0.15, 0.2) is 0 Å². The van der Waals surface area contributed by atoms with Crippen LogP contribution < -0.4 is 5.73 Å². The first-order chi connectivity index (χ1) is 13.0. The first-order valence-electron chi connectivity index (χ1n) is 10.7. The predicted molar refractivity (Wildman–Crippen MR) is 115 cm³/mol. The molecule has 0 saturated heterocycles. The monoisotopic (exact) mass is 365 g/mol. The fourth-order valence-corrected chi connectivity index (χ4v) is 5.01. The molecule has 2 N–H and O–H groups in total. The number of carbonyl (C=O) groups is 1. The van der Waals surface area contributed by atoms with Crippen LogP contribution in [0.4, 0.5) is 0 Å². The summed E-state index contributed by atoms with van der Waals surface area (Å²) in [6, 6.07) is 12.9. The number of benzene rings is 2. The Morgan fingerprint density at radius 3 is 2.67 bits per heavy atom. The Balaban J connectivity index is 1.89. The van der Waals surface area contributed by atoms with Crippen LogP contribution in [-0.2, 0) is 17.6 Å². The molecule has 3 rings (SSSR count). The van der Waals surface area contributed by atoms with Crippen molar-refractivity contribution in [2.45, 2.75) is 59.3 Å². The minimum Gasteiger partial charge on any atom is -0.330 e. The summed E-state index contributed by atoms with van der Waals surface area (Å²) in [6.07, 6.45) is 6.02. The Labute approximate surface area is 164 Å². The lowest BCUT2D eigenvalue weighted by Crippen LogP contribution is -2.34. The number of aryl methyl sites for hydroxylation is 1. The number of fused-ring (bicyclic) bond motifs is 1. The average Bonchev–Trinajstić information content (AvgIpc) is 2.66. The summed E-state index contributed by atoms with van der Waals surface area (Å²) in [4.78, 5) is 13.4. The zero-order chi connectivity index (χ0) is 19.4. The molecule has 2 aromatic rings. The molecule has 3 atom stereocenters. The van der Waals surface area contributed by atoms with Crippen molar-refractivity contribution in [3.8, 4) is 0 Å². The van der Waals surface area contributed by atoms with Crippen molar-refractivity contribution in [1.82, 2.24) is 0 Å². The van der Waals surface area contributed by atoms with Crippen molar-refractivity contribution in [1.29, 1.82) is 0 Å². The van der Waals surface area contributed by atoms with E-state index in [1.165, 1.54) is 34.7 Å². The SMILES string of the molecule is CC(C)C1CC[C@@H](C)C[C@H]1C(=O)Cc1ccc2ccccc2c1CCCN. The van der Waals surface area contributed by atoms with Crippen LogP contribution in [0.1, 0.15) is 57.6 Å². The van der Waals surface area contributed by atoms with Crippen LogP contribution in [0.2, 0.25) is 0 Å². The molecule has 1 unspecified atom stereocenters. The van der Waals surface area contributed by atoms with E-state index in [9.17, 15) is 4.79 Å². The van der Waals surface area contributed by atoms with Gasteiger partial charge in [0.1, 0.15) is 5.78 Å². The van der Waals surface area contributed by atoms with Gasteiger partial charge in [-0.25, -0.2) is 0 Å². The van der Waals surface area contributed by atoms with E-state index >= 15 is 0 Å². The van der Waals surface area contributed by atoms with Crippen LogP contribution in [0.25, 0.3) is 10.8 Å². The van der Waals surface area contributed by atoms with E-state index in [1.807, 2.05) is 0 Å². The van der Waals surface area contributed by atoms with Crippen LogP contribution in [0.5, 0.6) is 0 Å². The lowest BCUT2D eigenvalue weighted by atomic mass is 9.68. The predicted octanol–water partition coefficient (Wildman–Crippen LogP) is 5.55. The molecule has 0 aliphatic heterocycles. The van der Waals surface area contributed by atoms with Crippen molar-refractivity contribution in [2.75, 3.05) is 6.54 Å². The van der Waals surface area contributed by atoms with Gasteiger partial charge in [-0.15, -0.1) is 0 Å². The van der Waals surface area contributed by atoms with Crippen LogP contribution >= 0.6 is 0 Å². The highest BCUT2D eigenvalue weighted by Gasteiger charge is 2.35. The van der Waals surface area contributed by atoms with Gasteiger partial charge >= 0.3 is 0 Å². The van der Waals surface area contributed by atoms with Gasteiger partial charge in [0.25, 0.3) is 0 Å². The van der Waals surface area contributed by atoms with Gasteiger partial charge in [0.2, 0.25) is 0 Å². The molecule has 27 heavy (non-hydrogen) atoms. The van der Waals surface area contributed by atoms with Crippen molar-refractivity contribution < 1.29 is 4.79 Å². The second kappa shape index (κ2) is 9.01. The molecule has 2 nitrogen and oxygen atoms in total. The number of hydrogen-bond acceptors (Lipinski definition) is 2. The third-order valence-electron chi connectivity index (χ3n) is 6.57. The molecule has 146 valence electrons. The molecule has 1 aliphatic rings. The molecule has 0 amide bonds. The molecule has 0 radical (unpaired) electrons. The van der Waals surface area contributed by atoms with Gasteiger partial charge < -0.3 is 5.73 Å². The van der Waals surface area contributed by atoms with Crippen molar-refractivity contribution in [3.63, 3.8) is 0 Å². The Hall–Kier alpha value is -1.67. The molecule has 0 bridgehead atoms. The summed E-state index contributed by atoms with van der Waals surface area (Å²) in [6.45, 7) is 7.55. The molecule has 1 saturated carbocycles. The number of carbonyl (C=O) groups excluding carboxylic acids is 1. The van der Waals surface area contributed by atoms with Crippen LogP contribution in [0.15, 0.2) is 36.4 Å². The molecular formula is C25H35NO. The average molecular weight is 366 g/mol. The van der Waals surface area contributed by atoms with Crippen LogP contribution in [-0.4, -0.2) is 12.3 Å². The molecule has 1 aliphatic carbocycles. The van der Waals surface area contributed by atoms with E-state index in [0.29, 0.717) is 36.5 Å². The van der Waals surface area contributed by atoms with Gasteiger partial charge in [-0.2, -0.15) is 0 Å². The summed E-state index contributed by atoms with van der Waals surface area (Å²) in [5, 5.41) is 2.54. The van der Waals surface area contributed by atoms with Gasteiger partial charge in [0, 0.05) is 12.3 Å². The van der Waals surface area contributed by atoms with Gasteiger partial charge in [-0.05, 0) is 71.9 Å². The van der Waals surface area contributed by atoms with Crippen molar-refractivity contribution >= 4 is 16.6 Å². The largest absolute Gasteiger partial charge is 0.330 e. The Kier molecular flexibility index (Phi) is 6.70. The summed E-state index contributed by atoms with van der Waals surface area (Å²) >= 11 is 0. The van der Waals surface area contributed by atoms with E-state index < -0.39 is 0 Å². The van der Waals surface area contributed by atoms with E-state index in [0.717, 1.165) is 19.3 Å². The fourth-order valence-electron chi connectivity index (χ4n) is 5.01. The topological polar surface area (TPSA) is 43.1 Å². The van der Waals surface area contributed by atoms with Gasteiger partial charge in [-0.1, -0.05) is 63.6 Å². The van der Waals surface area contributed by atoms with Gasteiger partial charge in [-0.3, -0.25) is 4.79 Å². The second-order valence-corrected chi connectivity index (χ2v) is 8.89. The summed E-state index contributed by atoms with van der Waals surface area (Å²) in [5.41, 5.74) is 8.33. The number of nitrogens with two attached hydrogens (primary N) is 1. The molecule has 0 aromatic heterocycles. The first kappa shape index (κ1) is 20.1. The number of ketones is 1. The highest BCUT2D eigenvalue weighted by molar-refractivity contribution is 5.90. The van der Waals surface area contributed by atoms with E-state index in [-0.39, 0.29) is 5.92 Å². The zero-order valence-corrected chi connectivity index (χ0v) is 17.2. The van der Waals surface area contributed by atoms with Crippen LogP contribution in [0, 0.1) is 23.7 Å². The second-order valence-electron chi connectivity index (χ2n) is 8.89. The molecule has 0 spiro atoms. The molecule has 0 heterocycles. The zero-order valence-electron chi connectivity index (χ0n) is 17.2. The number of Topliss-reactive ketones (excluding diaryl/α,β-unsaturated/α-hetero) is 1. The van der Waals surface area contributed by atoms with E-state index in [2.05, 4.69) is 57.2 Å². The van der Waals surface area contributed by atoms with Crippen molar-refractivity contribution in [3.05, 3.63) is 47.5 Å². The Bertz CT molecular complexity index is 779. The normalized spacial score (nSPS) is 23.1. The van der Waals surface area contributed by atoms with E-state index in [4.69, 9.17) is 5.73 Å². The molecule has 2 heteroatoms. The van der Waals surface area contributed by atoms with Crippen molar-refractivity contribution in [2.24, 2.45) is 29.4 Å². The fraction of sp³-hybridized carbons (Fsp3) is 0.560. The third-order valence-corrected chi connectivity index (χ3v) is 6.57. The number of rotatable bonds is 7. The lowest BCUT2D eigenvalue weighted by molar-refractivity contribution is -0.126. The Morgan fingerprint density at radius 2 is 1.93 bits per heavy atom. The number of hydrogen-bond donors (Lipinski definition) is 1.